The van der Waals surface area contributed by atoms with E-state index in [1.165, 1.54) is 12.3 Å². The topological polar surface area (TPSA) is 165 Å². The van der Waals surface area contributed by atoms with Crippen molar-refractivity contribution >= 4 is 34.4 Å². The molecule has 3 aromatic rings. The lowest BCUT2D eigenvalue weighted by Gasteiger charge is -2.25. The molecule has 0 bridgehead atoms. The Bertz CT molecular complexity index is 1320. The summed E-state index contributed by atoms with van der Waals surface area (Å²) in [6.45, 7) is 3.99. The molecule has 2 aromatic heterocycles. The van der Waals surface area contributed by atoms with Gasteiger partial charge in [0.15, 0.2) is 12.4 Å². The average molecular weight is 540 g/mol. The first-order chi connectivity index (χ1) is 18.7. The zero-order valence-electron chi connectivity index (χ0n) is 22.1. The van der Waals surface area contributed by atoms with Crippen LogP contribution in [0.15, 0.2) is 41.1 Å². The molecule has 0 aliphatic carbocycles. The highest BCUT2D eigenvalue weighted by Gasteiger charge is 2.33. The van der Waals surface area contributed by atoms with E-state index in [-0.39, 0.29) is 36.4 Å². The van der Waals surface area contributed by atoms with Gasteiger partial charge in [-0.1, -0.05) is 19.9 Å². The molecule has 1 fully saturated rings. The zero-order chi connectivity index (χ0) is 27.9. The van der Waals surface area contributed by atoms with Gasteiger partial charge in [-0.25, -0.2) is 0 Å². The summed E-state index contributed by atoms with van der Waals surface area (Å²) < 4.78 is 15.4. The molecular weight excluding hydrogens is 506 g/mol. The van der Waals surface area contributed by atoms with Gasteiger partial charge >= 0.3 is 0 Å². The Labute approximate surface area is 225 Å². The van der Waals surface area contributed by atoms with Gasteiger partial charge in [0.05, 0.1) is 13.2 Å². The molecule has 3 atom stereocenters. The number of ether oxygens (including phenoxy) is 2. The van der Waals surface area contributed by atoms with Crippen LogP contribution < -0.4 is 25.4 Å². The number of nitrogens with one attached hydrogen (secondary N) is 4. The summed E-state index contributed by atoms with van der Waals surface area (Å²) in [5, 5.41) is 12.7. The minimum Gasteiger partial charge on any atom is -0.496 e. The molecule has 12 nitrogen and oxygen atoms in total. The van der Waals surface area contributed by atoms with Gasteiger partial charge < -0.3 is 34.9 Å². The van der Waals surface area contributed by atoms with Crippen molar-refractivity contribution in [1.29, 1.82) is 0 Å². The van der Waals surface area contributed by atoms with E-state index in [2.05, 4.69) is 26.1 Å². The standard InChI is InChI=1S/C27H33N5O7/c1-15(2)11-20(31-27(36)21-13-17-18(29-21)5-4-6-23(17)37-3)26(35)30-19(12-16-7-9-28-25(16)34)22(33)14-38-24-8-10-39-32-24/h4-6,8,10,13,15-16,19-20,29H,7,9,11-12,14H2,1-3H3,(H,28,34)(H,30,35)(H,31,36)/t16-,19?,20-/m0/s1. The van der Waals surface area contributed by atoms with Gasteiger partial charge in [0.2, 0.25) is 11.8 Å². The lowest BCUT2D eigenvalue weighted by molar-refractivity contribution is -0.131. The second-order valence-corrected chi connectivity index (χ2v) is 9.93. The SMILES string of the molecule is COc1cccc2[nH]c(C(=O)N[C@@H](CC(C)C)C(=O)NC(C[C@@H]3CCNC3=O)C(=O)COc3ccon3)cc12. The quantitative estimate of drug-likeness (QED) is 0.256. The third-order valence-electron chi connectivity index (χ3n) is 6.58. The van der Waals surface area contributed by atoms with Gasteiger partial charge in [-0.3, -0.25) is 19.2 Å². The number of nitrogens with zero attached hydrogens (tertiary/aromatic N) is 1. The van der Waals surface area contributed by atoms with Crippen LogP contribution in [-0.4, -0.2) is 66.0 Å². The highest BCUT2D eigenvalue weighted by Crippen LogP contribution is 2.26. The number of Topliss-reactive ketones (excluding diaryl/α,β-unsaturated/α-hetero) is 1. The van der Waals surface area contributed by atoms with Gasteiger partial charge in [0.1, 0.15) is 23.7 Å². The number of carbonyl (C=O) groups excluding carboxylic acids is 4. The molecule has 3 heterocycles. The van der Waals surface area contributed by atoms with Crippen LogP contribution in [0.2, 0.25) is 0 Å². The first kappa shape index (κ1) is 27.7. The van der Waals surface area contributed by atoms with Crippen molar-refractivity contribution in [3.05, 3.63) is 42.3 Å². The smallest absolute Gasteiger partial charge is 0.268 e. The summed E-state index contributed by atoms with van der Waals surface area (Å²) in [4.78, 5) is 55.0. The molecule has 1 aliphatic rings. The molecule has 3 amide bonds. The molecule has 39 heavy (non-hydrogen) atoms. The van der Waals surface area contributed by atoms with Crippen molar-refractivity contribution < 1.29 is 33.2 Å². The van der Waals surface area contributed by atoms with Crippen molar-refractivity contribution in [2.45, 2.75) is 45.2 Å². The summed E-state index contributed by atoms with van der Waals surface area (Å²) >= 11 is 0. The molecule has 12 heteroatoms. The lowest BCUT2D eigenvalue weighted by atomic mass is 9.95. The van der Waals surface area contributed by atoms with Crippen molar-refractivity contribution in [1.82, 2.24) is 26.1 Å². The van der Waals surface area contributed by atoms with Crippen molar-refractivity contribution in [2.24, 2.45) is 11.8 Å². The van der Waals surface area contributed by atoms with E-state index in [9.17, 15) is 19.2 Å². The van der Waals surface area contributed by atoms with E-state index in [1.807, 2.05) is 26.0 Å². The van der Waals surface area contributed by atoms with Gasteiger partial charge in [-0.15, -0.1) is 0 Å². The number of aromatic nitrogens is 2. The fourth-order valence-electron chi connectivity index (χ4n) is 4.59. The molecule has 208 valence electrons. The van der Waals surface area contributed by atoms with E-state index in [0.29, 0.717) is 25.1 Å². The van der Waals surface area contributed by atoms with Gasteiger partial charge in [0.25, 0.3) is 11.8 Å². The summed E-state index contributed by atoms with van der Waals surface area (Å²) in [5.74, 6) is -1.20. The van der Waals surface area contributed by atoms with Crippen LogP contribution >= 0.6 is 0 Å². The maximum absolute atomic E-state index is 13.4. The average Bonchev–Trinajstić information content (AvgIpc) is 3.67. The van der Waals surface area contributed by atoms with E-state index in [0.717, 1.165) is 10.9 Å². The molecular formula is C27H33N5O7. The highest BCUT2D eigenvalue weighted by atomic mass is 16.5. The molecule has 0 spiro atoms. The number of amides is 3. The molecule has 1 saturated heterocycles. The van der Waals surface area contributed by atoms with Gasteiger partial charge in [-0.2, -0.15) is 0 Å². The zero-order valence-corrected chi connectivity index (χ0v) is 22.1. The number of ketones is 1. The summed E-state index contributed by atoms with van der Waals surface area (Å²) in [6.07, 6.45) is 2.31. The summed E-state index contributed by atoms with van der Waals surface area (Å²) in [6, 6.07) is 6.63. The van der Waals surface area contributed by atoms with Crippen LogP contribution in [0, 0.1) is 11.8 Å². The maximum atomic E-state index is 13.4. The number of hydrogen-bond acceptors (Lipinski definition) is 8. The van der Waals surface area contributed by atoms with Gasteiger partial charge in [-0.05, 0) is 48.5 Å². The van der Waals surface area contributed by atoms with E-state index in [1.54, 1.807) is 19.2 Å². The summed E-state index contributed by atoms with van der Waals surface area (Å²) in [7, 11) is 1.55. The number of methoxy groups -OCH3 is 1. The Hall–Kier alpha value is -4.35. The molecule has 4 rings (SSSR count). The molecule has 0 radical (unpaired) electrons. The minimum atomic E-state index is -0.998. The van der Waals surface area contributed by atoms with E-state index < -0.39 is 35.6 Å². The molecule has 0 saturated carbocycles. The first-order valence-corrected chi connectivity index (χ1v) is 12.9. The third kappa shape index (κ3) is 6.95. The molecule has 1 unspecified atom stereocenters. The number of aromatic amines is 1. The number of benzene rings is 1. The predicted molar refractivity (Wildman–Crippen MR) is 140 cm³/mol. The van der Waals surface area contributed by atoms with Crippen LogP contribution in [0.4, 0.5) is 0 Å². The Morgan fingerprint density at radius 3 is 2.67 bits per heavy atom. The van der Waals surface area contributed by atoms with Crippen LogP contribution in [0.25, 0.3) is 10.9 Å². The largest absolute Gasteiger partial charge is 0.496 e. The number of rotatable bonds is 13. The van der Waals surface area contributed by atoms with Crippen LogP contribution in [0.3, 0.4) is 0 Å². The second-order valence-electron chi connectivity index (χ2n) is 9.93. The Morgan fingerprint density at radius 1 is 1.18 bits per heavy atom. The number of hydrogen-bond donors (Lipinski definition) is 4. The predicted octanol–water partition coefficient (Wildman–Crippen LogP) is 1.97. The molecule has 1 aromatic carbocycles. The van der Waals surface area contributed by atoms with Crippen molar-refractivity contribution in [2.75, 3.05) is 20.3 Å². The number of carbonyl (C=O) groups is 4. The Kier molecular flexibility index (Phi) is 8.84. The van der Waals surface area contributed by atoms with Crippen molar-refractivity contribution in [3.63, 3.8) is 0 Å². The second kappa shape index (κ2) is 12.5. The van der Waals surface area contributed by atoms with Crippen molar-refractivity contribution in [3.8, 4) is 11.6 Å². The first-order valence-electron chi connectivity index (χ1n) is 12.9. The van der Waals surface area contributed by atoms with E-state index >= 15 is 0 Å². The van der Waals surface area contributed by atoms with E-state index in [4.69, 9.17) is 14.0 Å². The monoisotopic (exact) mass is 539 g/mol. The number of fused-ring (bicyclic) bond motifs is 1. The molecule has 4 N–H and O–H groups in total. The normalized spacial score (nSPS) is 16.5. The van der Waals surface area contributed by atoms with Crippen LogP contribution in [-0.2, 0) is 14.4 Å². The fraction of sp³-hybridized carbons (Fsp3) is 0.444. The lowest BCUT2D eigenvalue weighted by Crippen LogP contribution is -2.53. The summed E-state index contributed by atoms with van der Waals surface area (Å²) in [5.41, 5.74) is 0.990. The third-order valence-corrected chi connectivity index (χ3v) is 6.58. The Morgan fingerprint density at radius 2 is 2.00 bits per heavy atom. The van der Waals surface area contributed by atoms with Crippen LogP contribution in [0.1, 0.15) is 43.6 Å². The maximum Gasteiger partial charge on any atom is 0.268 e. The number of H-pyrrole nitrogens is 1. The minimum absolute atomic E-state index is 0.0640. The Balaban J connectivity index is 1.49. The fourth-order valence-corrected chi connectivity index (χ4v) is 4.59. The highest BCUT2D eigenvalue weighted by molar-refractivity contribution is 6.02. The van der Waals surface area contributed by atoms with Gasteiger partial charge in [0, 0.05) is 29.4 Å². The van der Waals surface area contributed by atoms with Crippen LogP contribution in [0.5, 0.6) is 11.6 Å². The molecule has 1 aliphatic heterocycles.